The van der Waals surface area contributed by atoms with Gasteiger partial charge in [0.15, 0.2) is 11.6 Å². The van der Waals surface area contributed by atoms with Gasteiger partial charge in [0.1, 0.15) is 0 Å². The molecule has 0 fully saturated rings. The van der Waals surface area contributed by atoms with Crippen LogP contribution in [0.3, 0.4) is 0 Å². The van der Waals surface area contributed by atoms with Crippen LogP contribution in [-0.4, -0.2) is 27.2 Å². The number of anilines is 1. The fourth-order valence-electron chi connectivity index (χ4n) is 2.06. The number of rotatable bonds is 6. The number of methoxy groups -OCH3 is 1. The number of sulfonamides is 1. The molecule has 0 aliphatic rings. The third kappa shape index (κ3) is 3.88. The zero-order valence-electron chi connectivity index (χ0n) is 13.0. The monoisotopic (exact) mass is 391 g/mol. The van der Waals surface area contributed by atoms with E-state index in [4.69, 9.17) is 16.3 Å². The molecule has 1 amide bonds. The third-order valence-corrected chi connectivity index (χ3v) is 6.15. The summed E-state index contributed by atoms with van der Waals surface area (Å²) < 4.78 is 44.8. The van der Waals surface area contributed by atoms with Crippen LogP contribution in [0.25, 0.3) is 0 Å². The second kappa shape index (κ2) is 7.50. The Morgan fingerprint density at radius 3 is 2.54 bits per heavy atom. The maximum absolute atomic E-state index is 14.0. The first kappa shape index (κ1) is 18.7. The van der Waals surface area contributed by atoms with Gasteiger partial charge in [0.25, 0.3) is 5.91 Å². The van der Waals surface area contributed by atoms with Crippen LogP contribution < -0.4 is 9.04 Å². The summed E-state index contributed by atoms with van der Waals surface area (Å²) in [7, 11) is -2.67. The SMILES string of the molecule is CCCS(=O)(=O)N(C(=O)c1ccc(Cl)s1)c1ccc(OC)c(F)c1. The van der Waals surface area contributed by atoms with Crippen LogP contribution in [0.4, 0.5) is 10.1 Å². The van der Waals surface area contributed by atoms with E-state index in [2.05, 4.69) is 0 Å². The molecule has 2 rings (SSSR count). The van der Waals surface area contributed by atoms with Crippen molar-refractivity contribution in [1.82, 2.24) is 0 Å². The second-order valence-electron chi connectivity index (χ2n) is 4.81. The number of halogens is 2. The number of hydrogen-bond acceptors (Lipinski definition) is 5. The lowest BCUT2D eigenvalue weighted by molar-refractivity contribution is 0.101. The summed E-state index contributed by atoms with van der Waals surface area (Å²) in [6.45, 7) is 1.68. The fourth-order valence-corrected chi connectivity index (χ4v) is 4.58. The molecule has 1 aromatic heterocycles. The first-order chi connectivity index (χ1) is 11.3. The Hall–Kier alpha value is -1.64. The van der Waals surface area contributed by atoms with E-state index in [0.717, 1.165) is 17.4 Å². The Balaban J connectivity index is 2.55. The Morgan fingerprint density at radius 2 is 2.04 bits per heavy atom. The van der Waals surface area contributed by atoms with Gasteiger partial charge in [0.05, 0.1) is 27.8 Å². The predicted molar refractivity (Wildman–Crippen MR) is 93.2 cm³/mol. The van der Waals surface area contributed by atoms with E-state index >= 15 is 0 Å². The molecule has 1 aromatic carbocycles. The number of hydrogen-bond donors (Lipinski definition) is 0. The summed E-state index contributed by atoms with van der Waals surface area (Å²) >= 11 is 6.77. The van der Waals surface area contributed by atoms with Crippen LogP contribution in [0, 0.1) is 5.82 Å². The molecule has 0 aliphatic carbocycles. The quantitative estimate of drug-likeness (QED) is 0.748. The lowest BCUT2D eigenvalue weighted by Gasteiger charge is -2.22. The minimum atomic E-state index is -3.96. The average molecular weight is 392 g/mol. The minimum absolute atomic E-state index is 0.0433. The van der Waals surface area contributed by atoms with Crippen molar-refractivity contribution < 1.29 is 22.3 Å². The molecule has 0 spiro atoms. The number of nitrogens with zero attached hydrogens (tertiary/aromatic N) is 1. The first-order valence-corrected chi connectivity index (χ1v) is 9.76. The lowest BCUT2D eigenvalue weighted by Crippen LogP contribution is -2.38. The highest BCUT2D eigenvalue weighted by molar-refractivity contribution is 7.93. The number of carbonyl (C=O) groups is 1. The molecule has 5 nitrogen and oxygen atoms in total. The highest BCUT2D eigenvalue weighted by Crippen LogP contribution is 2.30. The number of ether oxygens (including phenoxy) is 1. The Labute approximate surface area is 148 Å². The molecular weight excluding hydrogens is 377 g/mol. The van der Waals surface area contributed by atoms with Crippen molar-refractivity contribution in [3.8, 4) is 5.75 Å². The number of benzene rings is 1. The first-order valence-electron chi connectivity index (χ1n) is 6.96. The van der Waals surface area contributed by atoms with E-state index < -0.39 is 21.7 Å². The fraction of sp³-hybridized carbons (Fsp3) is 0.267. The lowest BCUT2D eigenvalue weighted by atomic mass is 10.3. The number of thiophene rings is 1. The molecule has 0 N–H and O–H groups in total. The van der Waals surface area contributed by atoms with Gasteiger partial charge in [-0.2, -0.15) is 0 Å². The van der Waals surface area contributed by atoms with Crippen molar-refractivity contribution in [2.45, 2.75) is 13.3 Å². The predicted octanol–water partition coefficient (Wildman–Crippen LogP) is 3.94. The summed E-state index contributed by atoms with van der Waals surface area (Å²) in [5, 5.41) is 0. The normalized spacial score (nSPS) is 11.3. The van der Waals surface area contributed by atoms with E-state index in [1.165, 1.54) is 31.4 Å². The second-order valence-corrected chi connectivity index (χ2v) is 8.46. The van der Waals surface area contributed by atoms with Gasteiger partial charge in [0, 0.05) is 6.07 Å². The van der Waals surface area contributed by atoms with Gasteiger partial charge in [-0.05, 0) is 30.7 Å². The van der Waals surface area contributed by atoms with E-state index in [1.807, 2.05) is 0 Å². The Morgan fingerprint density at radius 1 is 1.33 bits per heavy atom. The molecule has 1 heterocycles. The molecule has 24 heavy (non-hydrogen) atoms. The van der Waals surface area contributed by atoms with Crippen LogP contribution in [0.1, 0.15) is 23.0 Å². The smallest absolute Gasteiger partial charge is 0.282 e. The van der Waals surface area contributed by atoms with E-state index in [-0.39, 0.29) is 22.1 Å². The van der Waals surface area contributed by atoms with Crippen molar-refractivity contribution in [2.24, 2.45) is 0 Å². The van der Waals surface area contributed by atoms with Crippen molar-refractivity contribution >= 4 is 44.6 Å². The van der Waals surface area contributed by atoms with Gasteiger partial charge >= 0.3 is 0 Å². The topological polar surface area (TPSA) is 63.7 Å². The van der Waals surface area contributed by atoms with Crippen LogP contribution in [0.15, 0.2) is 30.3 Å². The molecule has 9 heteroatoms. The largest absolute Gasteiger partial charge is 0.494 e. The molecule has 2 aromatic rings. The number of amides is 1. The van der Waals surface area contributed by atoms with Gasteiger partial charge in [-0.25, -0.2) is 17.1 Å². The zero-order chi connectivity index (χ0) is 17.9. The van der Waals surface area contributed by atoms with Gasteiger partial charge in [-0.15, -0.1) is 11.3 Å². The van der Waals surface area contributed by atoms with Crippen molar-refractivity contribution in [3.63, 3.8) is 0 Å². The summed E-state index contributed by atoms with van der Waals surface area (Å²) in [4.78, 5) is 12.8. The average Bonchev–Trinajstić information content (AvgIpc) is 2.94. The Bertz CT molecular complexity index is 851. The van der Waals surface area contributed by atoms with Crippen LogP contribution in [-0.2, 0) is 10.0 Å². The zero-order valence-corrected chi connectivity index (χ0v) is 15.3. The highest BCUT2D eigenvalue weighted by Gasteiger charge is 2.31. The van der Waals surface area contributed by atoms with Gasteiger partial charge < -0.3 is 4.74 Å². The molecule has 130 valence electrons. The van der Waals surface area contributed by atoms with Gasteiger partial charge in [0.2, 0.25) is 10.0 Å². The highest BCUT2D eigenvalue weighted by atomic mass is 35.5. The van der Waals surface area contributed by atoms with Crippen LogP contribution in [0.5, 0.6) is 5.75 Å². The van der Waals surface area contributed by atoms with E-state index in [9.17, 15) is 17.6 Å². The van der Waals surface area contributed by atoms with Crippen LogP contribution in [0.2, 0.25) is 4.34 Å². The summed E-state index contributed by atoms with van der Waals surface area (Å²) in [5.41, 5.74) is -0.0868. The molecule has 0 saturated carbocycles. The van der Waals surface area contributed by atoms with Gasteiger partial charge in [-0.3, -0.25) is 4.79 Å². The maximum Gasteiger partial charge on any atom is 0.282 e. The number of carbonyl (C=O) groups excluding carboxylic acids is 1. The molecule has 0 saturated heterocycles. The van der Waals surface area contributed by atoms with Crippen molar-refractivity contribution in [2.75, 3.05) is 17.2 Å². The molecule has 0 atom stereocenters. The Kier molecular flexibility index (Phi) is 5.84. The van der Waals surface area contributed by atoms with Crippen LogP contribution >= 0.6 is 22.9 Å². The molecule has 0 aliphatic heterocycles. The third-order valence-electron chi connectivity index (χ3n) is 3.08. The molecule has 0 unspecified atom stereocenters. The van der Waals surface area contributed by atoms with Crippen molar-refractivity contribution in [1.29, 1.82) is 0 Å². The summed E-state index contributed by atoms with van der Waals surface area (Å²) in [6, 6.07) is 6.48. The van der Waals surface area contributed by atoms with E-state index in [1.54, 1.807) is 6.92 Å². The summed E-state index contributed by atoms with van der Waals surface area (Å²) in [5.74, 6) is -1.82. The molecular formula is C15H15ClFNO4S2. The summed E-state index contributed by atoms with van der Waals surface area (Å²) in [6.07, 6.45) is 0.315. The molecule has 0 bridgehead atoms. The maximum atomic E-state index is 14.0. The minimum Gasteiger partial charge on any atom is -0.494 e. The van der Waals surface area contributed by atoms with E-state index in [0.29, 0.717) is 15.1 Å². The standard InChI is InChI=1S/C15H15ClFNO4S2/c1-3-8-24(20,21)18(15(19)13-6-7-14(16)23-13)10-4-5-12(22-2)11(17)9-10/h4-7,9H,3,8H2,1-2H3. The molecule has 0 radical (unpaired) electrons. The van der Waals surface area contributed by atoms with Crippen molar-refractivity contribution in [3.05, 3.63) is 45.4 Å². The van der Waals surface area contributed by atoms with Gasteiger partial charge in [-0.1, -0.05) is 18.5 Å².